The second kappa shape index (κ2) is 15.9. The molecule has 0 aromatic heterocycles. The summed E-state index contributed by atoms with van der Waals surface area (Å²) in [5.41, 5.74) is -0.228. The van der Waals surface area contributed by atoms with E-state index in [-0.39, 0.29) is 10.3 Å². The molecule has 0 rings (SSSR count). The van der Waals surface area contributed by atoms with E-state index >= 15 is 0 Å². The van der Waals surface area contributed by atoms with Gasteiger partial charge in [0.15, 0.2) is 5.66 Å². The molecule has 166 valence electrons. The highest BCUT2D eigenvalue weighted by molar-refractivity contribution is 4.70. The lowest BCUT2D eigenvalue weighted by molar-refractivity contribution is -2.00. The van der Waals surface area contributed by atoms with Crippen molar-refractivity contribution in [1.29, 1.82) is 0 Å². The Hall–Kier alpha value is 0.01000. The Labute approximate surface area is 168 Å². The van der Waals surface area contributed by atoms with Gasteiger partial charge in [-0.3, -0.25) is 5.32 Å². The van der Waals surface area contributed by atoms with Gasteiger partial charge in [-0.25, -0.2) is 23.8 Å². The lowest BCUT2D eigenvalue weighted by Crippen LogP contribution is -2.68. The van der Waals surface area contributed by atoms with Crippen LogP contribution in [-0.2, 0) is 0 Å². The third kappa shape index (κ3) is 20.6. The topological polar surface area (TPSA) is 124 Å². The number of quaternary nitrogens is 1. The molecule has 0 aliphatic heterocycles. The molecule has 1 unspecified atom stereocenters. The van der Waals surface area contributed by atoms with Gasteiger partial charge in [0.05, 0.1) is 14.1 Å². The third-order valence-electron chi connectivity index (χ3n) is 4.98. The van der Waals surface area contributed by atoms with Crippen molar-refractivity contribution in [2.75, 3.05) is 20.6 Å². The Morgan fingerprint density at radius 3 is 1.48 bits per heavy atom. The molecule has 0 saturated heterocycles. The van der Waals surface area contributed by atoms with Gasteiger partial charge in [-0.05, 0) is 12.8 Å². The largest absolute Gasteiger partial charge is 0.263 e. The van der Waals surface area contributed by atoms with Crippen molar-refractivity contribution in [3.8, 4) is 0 Å². The van der Waals surface area contributed by atoms with Gasteiger partial charge in [-0.15, -0.1) is 10.2 Å². The van der Waals surface area contributed by atoms with Crippen LogP contribution in [0.1, 0.15) is 97.8 Å². The van der Waals surface area contributed by atoms with E-state index in [0.29, 0.717) is 0 Å². The van der Waals surface area contributed by atoms with Gasteiger partial charge in [0.25, 0.3) is 0 Å². The fraction of sp³-hybridized carbons (Fsp3) is 1.00. The number of rotatable bonds is 15. The standard InChI is InChI=1S/C19H43N2O.ClHO4/c1-6-8-9-10-11-12-13-14-15-16-18-20-19(3,17-7-2)21(4,5)22;2-1(3,4)5/h20,22H,6-18H2,1-5H3;(H,2,3,4,5)/q+1;/p-1. The Bertz CT molecular complexity index is 329. The molecule has 0 aliphatic carbocycles. The minimum absolute atomic E-state index is 0.00139. The van der Waals surface area contributed by atoms with Crippen LogP contribution in [0.25, 0.3) is 0 Å². The molecule has 8 heteroatoms. The van der Waals surface area contributed by atoms with Crippen LogP contribution in [0.5, 0.6) is 0 Å². The Balaban J connectivity index is 0. The summed E-state index contributed by atoms with van der Waals surface area (Å²) in [6.07, 6.45) is 15.8. The van der Waals surface area contributed by atoms with E-state index in [1.54, 1.807) is 0 Å². The average molecular weight is 415 g/mol. The molecule has 2 N–H and O–H groups in total. The van der Waals surface area contributed by atoms with Crippen LogP contribution in [0.15, 0.2) is 0 Å². The van der Waals surface area contributed by atoms with Gasteiger partial charge < -0.3 is 0 Å². The second-order valence-electron chi connectivity index (χ2n) is 7.91. The first-order valence-electron chi connectivity index (χ1n) is 10.3. The predicted molar refractivity (Wildman–Crippen MR) is 97.1 cm³/mol. The molecule has 0 aromatic carbocycles. The third-order valence-corrected chi connectivity index (χ3v) is 4.98. The Morgan fingerprint density at radius 1 is 0.778 bits per heavy atom. The SMILES string of the molecule is CCCCCCCCCCCCNC(C)(CCC)[N+](C)(C)O.[O-][Cl+3]([O-])([O-])[O-]. The van der Waals surface area contributed by atoms with Crippen LogP contribution in [0.2, 0.25) is 0 Å². The summed E-state index contributed by atoms with van der Waals surface area (Å²) < 4.78 is 34.0. The first-order valence-corrected chi connectivity index (χ1v) is 11.5. The normalized spacial score (nSPS) is 14.4. The maximum absolute atomic E-state index is 10.3. The number of unbranched alkanes of at least 4 members (excludes halogenated alkanes) is 9. The van der Waals surface area contributed by atoms with Crippen molar-refractivity contribution in [2.24, 2.45) is 0 Å². The van der Waals surface area contributed by atoms with E-state index < -0.39 is 10.2 Å². The highest BCUT2D eigenvalue weighted by Crippen LogP contribution is 2.21. The zero-order chi connectivity index (χ0) is 21.4. The molecular formula is C19H43ClN2O5. The van der Waals surface area contributed by atoms with Crippen molar-refractivity contribution < 1.29 is 38.7 Å². The number of nitrogens with zero attached hydrogens (tertiary/aromatic N) is 1. The van der Waals surface area contributed by atoms with E-state index in [4.69, 9.17) is 18.6 Å². The summed E-state index contributed by atoms with van der Waals surface area (Å²) in [6.45, 7) is 7.59. The van der Waals surface area contributed by atoms with Crippen LogP contribution in [0, 0.1) is 10.2 Å². The fourth-order valence-electron chi connectivity index (χ4n) is 3.01. The summed E-state index contributed by atoms with van der Waals surface area (Å²) >= 11 is 0. The lowest BCUT2D eigenvalue weighted by Gasteiger charge is -2.40. The lowest BCUT2D eigenvalue weighted by atomic mass is 10.0. The summed E-state index contributed by atoms with van der Waals surface area (Å²) in [4.78, 5) is 0. The minimum Gasteiger partial charge on any atom is -0.263 e. The van der Waals surface area contributed by atoms with Gasteiger partial charge in [0.1, 0.15) is 0 Å². The van der Waals surface area contributed by atoms with E-state index in [9.17, 15) is 5.21 Å². The van der Waals surface area contributed by atoms with E-state index in [0.717, 1.165) is 19.4 Å². The molecule has 0 radical (unpaired) electrons. The molecule has 0 bridgehead atoms. The molecule has 1 atom stereocenters. The number of hydroxylamine groups is 3. The van der Waals surface area contributed by atoms with Gasteiger partial charge >= 0.3 is 0 Å². The Morgan fingerprint density at radius 2 is 1.15 bits per heavy atom. The maximum Gasteiger partial charge on any atom is 0.179 e. The predicted octanol–water partition coefficient (Wildman–Crippen LogP) is 0.723. The van der Waals surface area contributed by atoms with Gasteiger partial charge in [0.2, 0.25) is 0 Å². The van der Waals surface area contributed by atoms with Crippen molar-refractivity contribution in [3.63, 3.8) is 0 Å². The van der Waals surface area contributed by atoms with Crippen LogP contribution in [-0.4, -0.2) is 36.2 Å². The zero-order valence-corrected chi connectivity index (χ0v) is 18.9. The summed E-state index contributed by atoms with van der Waals surface area (Å²) in [6, 6.07) is 0. The van der Waals surface area contributed by atoms with Crippen LogP contribution in [0.4, 0.5) is 0 Å². The van der Waals surface area contributed by atoms with Crippen molar-refractivity contribution >= 4 is 0 Å². The smallest absolute Gasteiger partial charge is 0.179 e. The number of nitrogens with one attached hydrogen (secondary N) is 1. The molecule has 0 heterocycles. The first-order chi connectivity index (χ1) is 12.4. The average Bonchev–Trinajstić information content (AvgIpc) is 2.50. The first kappa shape index (κ1) is 29.2. The van der Waals surface area contributed by atoms with E-state index in [2.05, 4.69) is 26.1 Å². The van der Waals surface area contributed by atoms with Crippen molar-refractivity contribution in [1.82, 2.24) is 5.32 Å². The molecular weight excluding hydrogens is 372 g/mol. The van der Waals surface area contributed by atoms with Crippen LogP contribution >= 0.6 is 0 Å². The molecule has 27 heavy (non-hydrogen) atoms. The summed E-state index contributed by atoms with van der Waals surface area (Å²) in [7, 11) is -1.22. The maximum atomic E-state index is 10.3. The monoisotopic (exact) mass is 414 g/mol. The van der Waals surface area contributed by atoms with Crippen molar-refractivity contribution in [2.45, 2.75) is 103 Å². The summed E-state index contributed by atoms with van der Waals surface area (Å²) in [5.74, 6) is 0. The quantitative estimate of drug-likeness (QED) is 0.176. The highest BCUT2D eigenvalue weighted by atomic mass is 35.7. The molecule has 0 saturated carbocycles. The molecule has 0 amide bonds. The van der Waals surface area contributed by atoms with Gasteiger partial charge in [-0.2, -0.15) is 4.65 Å². The zero-order valence-electron chi connectivity index (χ0n) is 18.1. The highest BCUT2D eigenvalue weighted by Gasteiger charge is 2.39. The minimum atomic E-state index is -4.94. The van der Waals surface area contributed by atoms with Crippen LogP contribution in [0.3, 0.4) is 0 Å². The number of hydrogen-bond donors (Lipinski definition) is 2. The molecule has 0 aliphatic rings. The Kier molecular flexibility index (Phi) is 17.2. The molecule has 7 nitrogen and oxygen atoms in total. The summed E-state index contributed by atoms with van der Waals surface area (Å²) in [5, 5.41) is 13.9. The number of halogens is 1. The fourth-order valence-corrected chi connectivity index (χ4v) is 3.01. The second-order valence-corrected chi connectivity index (χ2v) is 8.66. The van der Waals surface area contributed by atoms with Crippen molar-refractivity contribution in [3.05, 3.63) is 0 Å². The molecule has 0 aromatic rings. The van der Waals surface area contributed by atoms with Gasteiger partial charge in [0, 0.05) is 19.9 Å². The van der Waals surface area contributed by atoms with E-state index in [1.165, 1.54) is 64.2 Å². The number of hydrogen-bond acceptors (Lipinski definition) is 6. The van der Waals surface area contributed by atoms with Gasteiger partial charge in [-0.1, -0.05) is 71.6 Å². The van der Waals surface area contributed by atoms with Crippen LogP contribution < -0.4 is 24.0 Å². The van der Waals surface area contributed by atoms with E-state index in [1.807, 2.05) is 14.1 Å². The molecule has 0 fully saturated rings. The molecule has 0 spiro atoms.